The van der Waals surface area contributed by atoms with Crippen molar-refractivity contribution in [3.8, 4) is 6.07 Å². The Morgan fingerprint density at radius 3 is 2.72 bits per heavy atom. The monoisotopic (exact) mass is 339 g/mol. The third-order valence-electron chi connectivity index (χ3n) is 4.59. The van der Waals surface area contributed by atoms with Crippen LogP contribution in [0.15, 0.2) is 47.1 Å². The molecule has 2 aliphatic rings. The number of methoxy groups -OCH3 is 1. The highest BCUT2D eigenvalue weighted by Crippen LogP contribution is 2.53. The third kappa shape index (κ3) is 1.91. The van der Waals surface area contributed by atoms with Gasteiger partial charge in [0.2, 0.25) is 11.8 Å². The number of hydrogen-bond acceptors (Lipinski definition) is 6. The molecule has 25 heavy (non-hydrogen) atoms. The van der Waals surface area contributed by atoms with Crippen molar-refractivity contribution < 1.29 is 19.1 Å². The molecular weight excluding hydrogens is 322 g/mol. The van der Waals surface area contributed by atoms with E-state index in [0.29, 0.717) is 17.8 Å². The molecule has 0 saturated heterocycles. The molecule has 0 fully saturated rings. The molecule has 2 N–H and O–H groups in total. The summed E-state index contributed by atoms with van der Waals surface area (Å²) in [6.07, 6.45) is 0. The maximum atomic E-state index is 13.4. The number of fused-ring (bicyclic) bond motifs is 2. The summed E-state index contributed by atoms with van der Waals surface area (Å²) in [6.45, 7) is 3.73. The average Bonchev–Trinajstić information content (AvgIpc) is 2.84. The Morgan fingerprint density at radius 2 is 2.12 bits per heavy atom. The zero-order chi connectivity index (χ0) is 18.4. The fourth-order valence-corrected chi connectivity index (χ4v) is 3.63. The highest BCUT2D eigenvalue weighted by Gasteiger charge is 2.61. The Labute approximate surface area is 144 Å². The summed E-state index contributed by atoms with van der Waals surface area (Å²) in [5.74, 6) is -1.20. The minimum Gasteiger partial charge on any atom is -0.466 e. The topological polar surface area (TPSA) is 106 Å². The van der Waals surface area contributed by atoms with E-state index in [1.807, 2.05) is 13.0 Å². The number of anilines is 1. The number of para-hydroxylation sites is 1. The van der Waals surface area contributed by atoms with E-state index in [-0.39, 0.29) is 22.8 Å². The Hall–Kier alpha value is -3.27. The number of likely N-dealkylation sites (N-methyl/N-ethyl adjacent to an activating group) is 1. The van der Waals surface area contributed by atoms with E-state index in [1.54, 1.807) is 24.3 Å². The van der Waals surface area contributed by atoms with E-state index in [2.05, 4.69) is 0 Å². The first-order valence-corrected chi connectivity index (χ1v) is 7.74. The molecule has 1 spiro atoms. The normalized spacial score (nSPS) is 22.0. The van der Waals surface area contributed by atoms with Gasteiger partial charge in [0.25, 0.3) is 0 Å². The fourth-order valence-electron chi connectivity index (χ4n) is 3.63. The second kappa shape index (κ2) is 5.67. The highest BCUT2D eigenvalue weighted by atomic mass is 16.5. The number of rotatable bonds is 2. The number of esters is 1. The first kappa shape index (κ1) is 16.6. The lowest BCUT2D eigenvalue weighted by Crippen LogP contribution is -2.48. The summed E-state index contributed by atoms with van der Waals surface area (Å²) in [7, 11) is 1.22. The Morgan fingerprint density at radius 1 is 1.44 bits per heavy atom. The second-order valence-electron chi connectivity index (χ2n) is 5.69. The number of ether oxygens (including phenoxy) is 2. The van der Waals surface area contributed by atoms with Crippen LogP contribution in [0.2, 0.25) is 0 Å². The van der Waals surface area contributed by atoms with Gasteiger partial charge in [-0.25, -0.2) is 4.79 Å². The lowest BCUT2D eigenvalue weighted by molar-refractivity contribution is -0.138. The molecule has 2 heterocycles. The summed E-state index contributed by atoms with van der Waals surface area (Å²) < 4.78 is 10.3. The zero-order valence-corrected chi connectivity index (χ0v) is 14.1. The number of nitrogens with two attached hydrogens (primary N) is 1. The van der Waals surface area contributed by atoms with E-state index in [0.717, 1.165) is 0 Å². The van der Waals surface area contributed by atoms with Gasteiger partial charge in [-0.05, 0) is 19.9 Å². The summed E-state index contributed by atoms with van der Waals surface area (Å²) in [4.78, 5) is 27.5. The number of nitrogens with zero attached hydrogens (tertiary/aromatic N) is 2. The molecule has 0 aromatic heterocycles. The molecule has 0 bridgehead atoms. The predicted molar refractivity (Wildman–Crippen MR) is 88.8 cm³/mol. The second-order valence-corrected chi connectivity index (χ2v) is 5.69. The van der Waals surface area contributed by atoms with Crippen molar-refractivity contribution in [3.05, 3.63) is 52.6 Å². The number of nitriles is 1. The van der Waals surface area contributed by atoms with Crippen molar-refractivity contribution in [2.24, 2.45) is 5.73 Å². The molecule has 7 heteroatoms. The lowest BCUT2D eigenvalue weighted by Gasteiger charge is -2.34. The van der Waals surface area contributed by atoms with Gasteiger partial charge in [-0.15, -0.1) is 0 Å². The van der Waals surface area contributed by atoms with Crippen molar-refractivity contribution in [1.82, 2.24) is 0 Å². The molecule has 2 aliphatic heterocycles. The van der Waals surface area contributed by atoms with Gasteiger partial charge < -0.3 is 20.1 Å². The van der Waals surface area contributed by atoms with E-state index in [9.17, 15) is 14.9 Å². The van der Waals surface area contributed by atoms with Crippen LogP contribution in [-0.4, -0.2) is 25.5 Å². The smallest absolute Gasteiger partial charge is 0.339 e. The quantitative estimate of drug-likeness (QED) is 0.818. The molecular formula is C18H17N3O4. The fraction of sp³-hybridized carbons (Fsp3) is 0.278. The molecule has 3 rings (SSSR count). The molecule has 7 nitrogen and oxygen atoms in total. The van der Waals surface area contributed by atoms with Gasteiger partial charge in [0.05, 0.1) is 7.11 Å². The first-order chi connectivity index (χ1) is 11.9. The maximum Gasteiger partial charge on any atom is 0.339 e. The number of carbonyl (C=O) groups excluding carboxylic acids is 2. The van der Waals surface area contributed by atoms with Gasteiger partial charge in [-0.1, -0.05) is 18.2 Å². The van der Waals surface area contributed by atoms with Crippen molar-refractivity contribution in [3.63, 3.8) is 0 Å². The van der Waals surface area contributed by atoms with Gasteiger partial charge in [-0.2, -0.15) is 5.26 Å². The number of benzene rings is 1. The lowest BCUT2D eigenvalue weighted by atomic mass is 9.68. The summed E-state index contributed by atoms with van der Waals surface area (Å²) in [5, 5.41) is 9.73. The number of hydrogen-bond donors (Lipinski definition) is 1. The molecule has 1 aromatic carbocycles. The van der Waals surface area contributed by atoms with Crippen LogP contribution in [0.25, 0.3) is 0 Å². The van der Waals surface area contributed by atoms with Gasteiger partial charge in [0, 0.05) is 17.8 Å². The maximum absolute atomic E-state index is 13.4. The van der Waals surface area contributed by atoms with Crippen LogP contribution in [0.4, 0.5) is 5.69 Å². The molecule has 0 unspecified atom stereocenters. The van der Waals surface area contributed by atoms with Crippen LogP contribution >= 0.6 is 0 Å². The Kier molecular flexibility index (Phi) is 3.76. The van der Waals surface area contributed by atoms with E-state index < -0.39 is 17.3 Å². The predicted octanol–water partition coefficient (Wildman–Crippen LogP) is 1.46. The first-order valence-electron chi connectivity index (χ1n) is 7.74. The van der Waals surface area contributed by atoms with Gasteiger partial charge >= 0.3 is 5.97 Å². The number of carbonyl (C=O) groups is 2. The molecule has 0 aliphatic carbocycles. The summed E-state index contributed by atoms with van der Waals surface area (Å²) in [6, 6.07) is 9.00. The van der Waals surface area contributed by atoms with E-state index in [4.69, 9.17) is 15.2 Å². The summed E-state index contributed by atoms with van der Waals surface area (Å²) in [5.41, 5.74) is 5.30. The van der Waals surface area contributed by atoms with Gasteiger partial charge in [0.1, 0.15) is 23.0 Å². The minimum absolute atomic E-state index is 0.0193. The summed E-state index contributed by atoms with van der Waals surface area (Å²) >= 11 is 0. The standard InChI is InChI=1S/C18H17N3O4/c1-4-21-13-8-6-5-7-11(13)18(17(21)23)12(9-19)15(20)25-10(2)14(18)16(22)24-3/h5-8H,4,20H2,1-3H3/t18-/m0/s1. The Balaban J connectivity index is 2.47. The molecule has 0 radical (unpaired) electrons. The molecule has 128 valence electrons. The average molecular weight is 339 g/mol. The molecule has 0 saturated carbocycles. The van der Waals surface area contributed by atoms with Crippen molar-refractivity contribution in [1.29, 1.82) is 5.26 Å². The van der Waals surface area contributed by atoms with Crippen LogP contribution in [0.3, 0.4) is 0 Å². The van der Waals surface area contributed by atoms with Crippen LogP contribution in [0.1, 0.15) is 19.4 Å². The zero-order valence-electron chi connectivity index (χ0n) is 14.1. The molecule has 1 atom stereocenters. The Bertz CT molecular complexity index is 894. The van der Waals surface area contributed by atoms with Crippen LogP contribution in [0.5, 0.6) is 0 Å². The van der Waals surface area contributed by atoms with Crippen LogP contribution in [-0.2, 0) is 24.5 Å². The van der Waals surface area contributed by atoms with E-state index >= 15 is 0 Å². The largest absolute Gasteiger partial charge is 0.466 e. The number of allylic oxidation sites excluding steroid dienone is 1. The minimum atomic E-state index is -1.65. The SMILES string of the molecule is CCN1C(=O)[C@]2(C(C#N)=C(N)OC(C)=C2C(=O)OC)c2ccccc21. The van der Waals surface area contributed by atoms with E-state index in [1.165, 1.54) is 18.9 Å². The highest BCUT2D eigenvalue weighted by molar-refractivity contribution is 6.18. The third-order valence-corrected chi connectivity index (χ3v) is 4.59. The van der Waals surface area contributed by atoms with Crippen molar-refractivity contribution >= 4 is 17.6 Å². The van der Waals surface area contributed by atoms with Gasteiger partial charge in [-0.3, -0.25) is 4.79 Å². The molecule has 1 amide bonds. The van der Waals surface area contributed by atoms with Crippen LogP contribution < -0.4 is 10.6 Å². The van der Waals surface area contributed by atoms with Gasteiger partial charge in [0.15, 0.2) is 5.41 Å². The molecule has 1 aromatic rings. The number of amides is 1. The van der Waals surface area contributed by atoms with Crippen molar-refractivity contribution in [2.75, 3.05) is 18.6 Å². The van der Waals surface area contributed by atoms with Crippen molar-refractivity contribution in [2.45, 2.75) is 19.3 Å². The van der Waals surface area contributed by atoms with Crippen LogP contribution in [0, 0.1) is 11.3 Å².